The van der Waals surface area contributed by atoms with E-state index >= 15 is 0 Å². The number of amides is 1. The van der Waals surface area contributed by atoms with Crippen LogP contribution in [-0.4, -0.2) is 29.2 Å². The molecule has 0 radical (unpaired) electrons. The molecule has 0 bridgehead atoms. The first-order chi connectivity index (χ1) is 16.7. The molecule has 1 fully saturated rings. The van der Waals surface area contributed by atoms with Gasteiger partial charge in [-0.15, -0.1) is 10.2 Å². The highest BCUT2D eigenvalue weighted by atomic mass is 16.1. The molecule has 6 rings (SSSR count). The molecule has 0 spiro atoms. The van der Waals surface area contributed by atoms with E-state index in [0.29, 0.717) is 0 Å². The zero-order valence-electron chi connectivity index (χ0n) is 18.9. The Morgan fingerprint density at radius 1 is 0.794 bits per heavy atom. The van der Waals surface area contributed by atoms with Gasteiger partial charge in [-0.25, -0.2) is 0 Å². The Morgan fingerprint density at radius 2 is 1.56 bits per heavy atom. The van der Waals surface area contributed by atoms with E-state index in [-0.39, 0.29) is 11.8 Å². The van der Waals surface area contributed by atoms with Crippen LogP contribution in [0.25, 0.3) is 22.4 Å². The predicted octanol–water partition coefficient (Wildman–Crippen LogP) is 5.57. The van der Waals surface area contributed by atoms with Gasteiger partial charge in [0.1, 0.15) is 0 Å². The number of hydrogen-bond donors (Lipinski definition) is 1. The lowest BCUT2D eigenvalue weighted by Gasteiger charge is -2.31. The van der Waals surface area contributed by atoms with Crippen molar-refractivity contribution in [1.29, 1.82) is 0 Å². The van der Waals surface area contributed by atoms with E-state index < -0.39 is 0 Å². The maximum absolute atomic E-state index is 13.0. The molecular weight excluding hydrogens is 420 g/mol. The van der Waals surface area contributed by atoms with Crippen molar-refractivity contribution in [3.63, 3.8) is 0 Å². The number of benzene rings is 3. The fourth-order valence-corrected chi connectivity index (χ4v) is 5.09. The quantitative estimate of drug-likeness (QED) is 0.392. The van der Waals surface area contributed by atoms with Crippen LogP contribution in [0.15, 0.2) is 84.9 Å². The third-order valence-corrected chi connectivity index (χ3v) is 6.97. The lowest BCUT2D eigenvalue weighted by atomic mass is 9.95. The van der Waals surface area contributed by atoms with Crippen LogP contribution in [0.4, 0.5) is 11.5 Å². The fourth-order valence-electron chi connectivity index (χ4n) is 5.09. The van der Waals surface area contributed by atoms with Crippen molar-refractivity contribution in [2.24, 2.45) is 5.92 Å². The molecule has 0 atom stereocenters. The van der Waals surface area contributed by atoms with Gasteiger partial charge in [-0.2, -0.15) is 0 Å². The predicted molar refractivity (Wildman–Crippen MR) is 136 cm³/mol. The average Bonchev–Trinajstić information content (AvgIpc) is 3.27. The lowest BCUT2D eigenvalue weighted by Crippen LogP contribution is -2.38. The summed E-state index contributed by atoms with van der Waals surface area (Å²) in [6.45, 7) is 1.61. The lowest BCUT2D eigenvalue weighted by molar-refractivity contribution is -0.120. The summed E-state index contributed by atoms with van der Waals surface area (Å²) in [7, 11) is 0. The molecule has 4 aromatic rings. The van der Waals surface area contributed by atoms with Gasteiger partial charge in [0.25, 0.3) is 0 Å². The van der Waals surface area contributed by atoms with Gasteiger partial charge in [-0.05, 0) is 65.8 Å². The van der Waals surface area contributed by atoms with Crippen LogP contribution < -0.4 is 10.2 Å². The third kappa shape index (κ3) is 3.94. The van der Waals surface area contributed by atoms with Crippen LogP contribution in [0.3, 0.4) is 0 Å². The van der Waals surface area contributed by atoms with Crippen molar-refractivity contribution in [2.75, 3.05) is 23.3 Å². The zero-order valence-corrected chi connectivity index (χ0v) is 18.9. The number of aromatic nitrogens is 2. The van der Waals surface area contributed by atoms with Crippen LogP contribution in [0, 0.1) is 5.92 Å². The van der Waals surface area contributed by atoms with Gasteiger partial charge in [0.05, 0.1) is 5.69 Å². The minimum atomic E-state index is 0.0123. The molecule has 3 aromatic carbocycles. The van der Waals surface area contributed by atoms with E-state index in [4.69, 9.17) is 0 Å². The maximum atomic E-state index is 13.0. The molecule has 1 amide bonds. The maximum Gasteiger partial charge on any atom is 0.227 e. The van der Waals surface area contributed by atoms with Crippen LogP contribution >= 0.6 is 0 Å². The van der Waals surface area contributed by atoms with Gasteiger partial charge in [-0.1, -0.05) is 60.7 Å². The fraction of sp³-hybridized carbons (Fsp3) is 0.207. The van der Waals surface area contributed by atoms with Gasteiger partial charge in [0.2, 0.25) is 5.91 Å². The number of anilines is 2. The molecule has 0 saturated carbocycles. The second-order valence-electron chi connectivity index (χ2n) is 9.10. The summed E-state index contributed by atoms with van der Waals surface area (Å²) in [5.41, 5.74) is 8.05. The molecule has 1 aromatic heterocycles. The second kappa shape index (κ2) is 8.75. The minimum absolute atomic E-state index is 0.0123. The molecule has 2 heterocycles. The van der Waals surface area contributed by atoms with E-state index in [2.05, 4.69) is 56.8 Å². The minimum Gasteiger partial charge on any atom is -0.355 e. The molecule has 5 nitrogen and oxygen atoms in total. The molecule has 1 saturated heterocycles. The van der Waals surface area contributed by atoms with Crippen LogP contribution in [0.2, 0.25) is 0 Å². The van der Waals surface area contributed by atoms with E-state index in [1.807, 2.05) is 48.5 Å². The standard InChI is InChI=1S/C29H26N4O/c34-29(30-24-10-11-26-23(19-24)18-22-8-4-5-9-25(22)26)21-14-16-33(17-15-21)28-13-12-27(31-32-28)20-6-2-1-3-7-20/h1-13,19,21H,14-18H2,(H,30,34). The molecule has 1 N–H and O–H groups in total. The Labute approximate surface area is 199 Å². The van der Waals surface area contributed by atoms with Crippen LogP contribution in [-0.2, 0) is 11.2 Å². The van der Waals surface area contributed by atoms with E-state index in [1.54, 1.807) is 0 Å². The summed E-state index contributed by atoms with van der Waals surface area (Å²) >= 11 is 0. The van der Waals surface area contributed by atoms with Crippen molar-refractivity contribution >= 4 is 17.4 Å². The normalized spacial score (nSPS) is 15.0. The van der Waals surface area contributed by atoms with Crippen LogP contribution in [0.5, 0.6) is 0 Å². The number of hydrogen-bond acceptors (Lipinski definition) is 4. The molecular formula is C29H26N4O. The first kappa shape index (κ1) is 20.6. The highest BCUT2D eigenvalue weighted by molar-refractivity contribution is 5.93. The number of carbonyl (C=O) groups excluding carboxylic acids is 1. The largest absolute Gasteiger partial charge is 0.355 e. The van der Waals surface area contributed by atoms with Crippen molar-refractivity contribution in [3.05, 3.63) is 96.1 Å². The van der Waals surface area contributed by atoms with Gasteiger partial charge in [-0.3, -0.25) is 4.79 Å². The molecule has 34 heavy (non-hydrogen) atoms. The summed E-state index contributed by atoms with van der Waals surface area (Å²) in [6.07, 6.45) is 2.55. The first-order valence-corrected chi connectivity index (χ1v) is 11.9. The monoisotopic (exact) mass is 446 g/mol. The third-order valence-electron chi connectivity index (χ3n) is 6.97. The smallest absolute Gasteiger partial charge is 0.227 e. The zero-order chi connectivity index (χ0) is 22.9. The number of rotatable bonds is 4. The molecule has 0 unspecified atom stereocenters. The Morgan fingerprint density at radius 3 is 2.35 bits per heavy atom. The van der Waals surface area contributed by atoms with Gasteiger partial charge < -0.3 is 10.2 Å². The van der Waals surface area contributed by atoms with Crippen molar-refractivity contribution in [1.82, 2.24) is 10.2 Å². The van der Waals surface area contributed by atoms with Crippen molar-refractivity contribution in [2.45, 2.75) is 19.3 Å². The summed E-state index contributed by atoms with van der Waals surface area (Å²) in [4.78, 5) is 15.2. The Balaban J connectivity index is 1.06. The first-order valence-electron chi connectivity index (χ1n) is 11.9. The van der Waals surface area contributed by atoms with Gasteiger partial charge in [0, 0.05) is 30.3 Å². The number of piperidine rings is 1. The highest BCUT2D eigenvalue weighted by Crippen LogP contribution is 2.37. The van der Waals surface area contributed by atoms with Crippen molar-refractivity contribution in [3.8, 4) is 22.4 Å². The molecule has 1 aliphatic carbocycles. The Hall–Kier alpha value is -3.99. The number of carbonyl (C=O) groups is 1. The molecule has 1 aliphatic heterocycles. The summed E-state index contributed by atoms with van der Waals surface area (Å²) in [5.74, 6) is 0.996. The van der Waals surface area contributed by atoms with Gasteiger partial charge in [0.15, 0.2) is 5.82 Å². The number of nitrogens with zero attached hydrogens (tertiary/aromatic N) is 3. The summed E-state index contributed by atoms with van der Waals surface area (Å²) in [5, 5.41) is 12.0. The number of nitrogens with one attached hydrogen (secondary N) is 1. The average molecular weight is 447 g/mol. The van der Waals surface area contributed by atoms with E-state index in [9.17, 15) is 4.79 Å². The second-order valence-corrected chi connectivity index (χ2v) is 9.10. The SMILES string of the molecule is O=C(Nc1ccc2c(c1)Cc1ccccc1-2)C1CCN(c2ccc(-c3ccccc3)nn2)CC1. The topological polar surface area (TPSA) is 58.1 Å². The number of fused-ring (bicyclic) bond motifs is 3. The summed E-state index contributed by atoms with van der Waals surface area (Å²) < 4.78 is 0. The van der Waals surface area contributed by atoms with Crippen LogP contribution in [0.1, 0.15) is 24.0 Å². The Kier molecular flexibility index (Phi) is 5.30. The molecule has 2 aliphatic rings. The highest BCUT2D eigenvalue weighted by Gasteiger charge is 2.26. The van der Waals surface area contributed by atoms with E-state index in [1.165, 1.54) is 22.3 Å². The molecule has 168 valence electrons. The van der Waals surface area contributed by atoms with Crippen molar-refractivity contribution < 1.29 is 4.79 Å². The molecule has 5 heteroatoms. The summed E-state index contributed by atoms with van der Waals surface area (Å²) in [6, 6.07) is 28.9. The van der Waals surface area contributed by atoms with E-state index in [0.717, 1.165) is 55.1 Å². The Bertz CT molecular complexity index is 1330. The van der Waals surface area contributed by atoms with Gasteiger partial charge >= 0.3 is 0 Å².